The fraction of sp³-hybridized carbons (Fsp3) is 0.887. The van der Waals surface area contributed by atoms with Crippen molar-refractivity contribution in [1.29, 1.82) is 0 Å². The fourth-order valence-corrected chi connectivity index (χ4v) is 23.4. The Morgan fingerprint density at radius 3 is 1.99 bits per heavy atom. The highest BCUT2D eigenvalue weighted by molar-refractivity contribution is 6.62. The lowest BCUT2D eigenvalue weighted by Crippen LogP contribution is -2.61. The Morgan fingerprint density at radius 2 is 1.36 bits per heavy atom. The Labute approximate surface area is 476 Å². The molecule has 0 aromatic heterocycles. The quantitative estimate of drug-likeness (QED) is 0.0246. The third-order valence-corrected chi connectivity index (χ3v) is 26.6. The van der Waals surface area contributed by atoms with E-state index in [0.29, 0.717) is 109 Å². The molecule has 22 unspecified atom stereocenters. The number of carbonyl (C=O) groups is 7. The molecule has 22 atom stereocenters. The highest BCUT2D eigenvalue weighted by atomic mass is 28.4. The number of aliphatic carboxylic acids is 1. The van der Waals surface area contributed by atoms with Gasteiger partial charge in [-0.15, -0.1) is 0 Å². The second-order valence-electron chi connectivity index (χ2n) is 26.8. The largest absolute Gasteiger partial charge is 0.504 e. The average molecular weight is 1140 g/mol. The van der Waals surface area contributed by atoms with Crippen molar-refractivity contribution in [3.05, 3.63) is 0 Å². The zero-order chi connectivity index (χ0) is 56.9. The number of likely N-dealkylation sites (tertiary alicyclic amines) is 1. The molecule has 10 fully saturated rings. The number of ether oxygens (including phenoxy) is 4. The molecular weight excluding hydrogens is 1040 g/mol. The van der Waals surface area contributed by atoms with E-state index in [0.717, 1.165) is 44.9 Å². The third kappa shape index (κ3) is 10.6. The number of esters is 2. The van der Waals surface area contributed by atoms with Gasteiger partial charge < -0.3 is 37.3 Å². The van der Waals surface area contributed by atoms with Crippen LogP contribution in [0.15, 0.2) is 0 Å². The minimum atomic E-state index is -3.61. The first-order valence-corrected chi connectivity index (χ1v) is 33.7. The molecule has 7 saturated carbocycles. The summed E-state index contributed by atoms with van der Waals surface area (Å²) >= 11 is 0. The van der Waals surface area contributed by atoms with Crippen LogP contribution in [0.25, 0.3) is 0 Å². The van der Waals surface area contributed by atoms with Crippen molar-refractivity contribution in [2.75, 3.05) is 52.9 Å². The summed E-state index contributed by atoms with van der Waals surface area (Å²) in [5.41, 5.74) is -2.12. The normalized spacial score (nSPS) is 40.3. The summed E-state index contributed by atoms with van der Waals surface area (Å²) in [6.07, 6.45) is 11.6. The first kappa shape index (κ1) is 59.9. The highest BCUT2D eigenvalue weighted by Gasteiger charge is 2.75. The summed E-state index contributed by atoms with van der Waals surface area (Å²) in [4.78, 5) is 106. The summed E-state index contributed by atoms with van der Waals surface area (Å²) in [7, 11) is -3.61. The van der Waals surface area contributed by atoms with Crippen molar-refractivity contribution in [3.63, 3.8) is 0 Å². The lowest BCUT2D eigenvalue weighted by Gasteiger charge is -2.55. The van der Waals surface area contributed by atoms with Crippen LogP contribution in [0.1, 0.15) is 158 Å². The van der Waals surface area contributed by atoms with E-state index in [4.69, 9.17) is 32.2 Å². The summed E-state index contributed by atoms with van der Waals surface area (Å²) in [6.45, 7) is 18.6. The molecule has 6 bridgehead atoms. The molecule has 80 heavy (non-hydrogen) atoms. The Balaban J connectivity index is 1.14. The number of nitrogens with one attached hydrogen (secondary N) is 1. The van der Waals surface area contributed by atoms with Crippen LogP contribution in [-0.2, 0) is 65.8 Å². The number of unbranched alkanes of at least 4 members (excludes halogenated alkanes) is 2. The summed E-state index contributed by atoms with van der Waals surface area (Å²) in [5, 5.41) is 13.4. The number of nitrogens with zero attached hydrogens (tertiary/aromatic N) is 1. The minimum Gasteiger partial charge on any atom is -0.481 e. The van der Waals surface area contributed by atoms with Gasteiger partial charge in [0.1, 0.15) is 6.10 Å². The van der Waals surface area contributed by atoms with Crippen LogP contribution in [0.3, 0.4) is 0 Å². The molecular formula is C62H96N2O15Si. The van der Waals surface area contributed by atoms with Crippen molar-refractivity contribution >= 4 is 50.3 Å². The van der Waals surface area contributed by atoms with E-state index in [2.05, 4.69) is 12.2 Å². The van der Waals surface area contributed by atoms with E-state index >= 15 is 14.4 Å². The van der Waals surface area contributed by atoms with Crippen molar-refractivity contribution in [2.24, 2.45) is 118 Å². The standard InChI is InChI=1S/C62H96N2O15Si/c1-9-14-21-74-60(71)54(52-46(55(65)63-56(52)66)29-41-34(7)57(67)64(58(41)68)39-19-17-16-18-20-39)62(8,61(72)75-22-15-10-2)53-45-27-37(28-47(45)80(77-11-3,78-12-4)79-13-5)50(53)51-42-26-36(23-38(42)30-73-31-40-32-76-40)49(51)48-33(6)35-24-43(48)44(25-35)59(69)70/h33-54H,9-32H2,1-8H3,(H,69,70)(H,63,65,66). The van der Waals surface area contributed by atoms with Gasteiger partial charge in [-0.05, 0) is 175 Å². The third-order valence-electron chi connectivity index (χ3n) is 23.0. The molecule has 3 saturated heterocycles. The Bertz CT molecular complexity index is 2270. The van der Waals surface area contributed by atoms with Gasteiger partial charge in [-0.25, -0.2) is 0 Å². The molecule has 10 rings (SSSR count). The molecule has 0 aromatic rings. The van der Waals surface area contributed by atoms with E-state index in [9.17, 15) is 24.3 Å². The number of imide groups is 2. The second kappa shape index (κ2) is 24.7. The topological polar surface area (TPSA) is 223 Å². The van der Waals surface area contributed by atoms with Crippen LogP contribution >= 0.6 is 0 Å². The van der Waals surface area contributed by atoms with Crippen molar-refractivity contribution in [1.82, 2.24) is 10.2 Å². The predicted molar refractivity (Wildman–Crippen MR) is 294 cm³/mol. The van der Waals surface area contributed by atoms with Crippen LogP contribution < -0.4 is 5.32 Å². The van der Waals surface area contributed by atoms with Crippen LogP contribution in [0.4, 0.5) is 0 Å². The molecule has 17 nitrogen and oxygen atoms in total. The van der Waals surface area contributed by atoms with E-state index in [1.54, 1.807) is 6.92 Å². The van der Waals surface area contributed by atoms with E-state index in [1.165, 1.54) is 4.90 Å². The number of amides is 4. The number of rotatable bonds is 28. The van der Waals surface area contributed by atoms with Gasteiger partial charge in [-0.2, -0.15) is 0 Å². The smallest absolute Gasteiger partial charge is 0.481 e. The number of carboxylic acid groups (broad SMARTS) is 1. The maximum Gasteiger partial charge on any atom is 0.504 e. The number of hydrogen-bond acceptors (Lipinski definition) is 14. The van der Waals surface area contributed by atoms with Gasteiger partial charge in [0.05, 0.1) is 61.4 Å². The lowest BCUT2D eigenvalue weighted by atomic mass is 9.49. The molecule has 7 aliphatic carbocycles. The summed E-state index contributed by atoms with van der Waals surface area (Å²) < 4.78 is 45.5. The van der Waals surface area contributed by atoms with Gasteiger partial charge in [-0.1, -0.05) is 59.8 Å². The number of fused-ring (bicyclic) bond motifs is 6. The van der Waals surface area contributed by atoms with Crippen LogP contribution in [-0.4, -0.2) is 125 Å². The SMILES string of the molecule is CCCCOC(=O)C(C1C(=O)NC(=O)C1CC1C(=O)N(C2CCCCC2)C(=O)C1C)C(C)(C(=O)OCCCC)C1C2CC(CC2[Si](OCC)(OCC)OCC)C1C1C2CC(CC2COCC2CO2)C1C1C(C)C2CC(C(=O)O)C1C2. The van der Waals surface area contributed by atoms with Crippen molar-refractivity contribution < 1.29 is 70.9 Å². The number of hydrogen-bond donors (Lipinski definition) is 2. The van der Waals surface area contributed by atoms with Crippen LogP contribution in [0.2, 0.25) is 5.54 Å². The minimum absolute atomic E-state index is 0.00725. The van der Waals surface area contributed by atoms with Crippen molar-refractivity contribution in [2.45, 2.75) is 176 Å². The molecule has 3 heterocycles. The zero-order valence-electron chi connectivity index (χ0n) is 49.3. The predicted octanol–water partition coefficient (Wildman–Crippen LogP) is 8.52. The average Bonchev–Trinajstić information content (AvgIpc) is 4.11. The van der Waals surface area contributed by atoms with Gasteiger partial charge in [0.15, 0.2) is 0 Å². The maximum absolute atomic E-state index is 16.4. The lowest BCUT2D eigenvalue weighted by molar-refractivity contribution is -0.186. The molecule has 448 valence electrons. The number of epoxide rings is 1. The van der Waals surface area contributed by atoms with Gasteiger partial charge in [0.25, 0.3) is 0 Å². The first-order valence-electron chi connectivity index (χ1n) is 31.9. The van der Waals surface area contributed by atoms with Gasteiger partial charge >= 0.3 is 26.7 Å². The molecule has 10 aliphatic rings. The Hall–Kier alpha value is -3.29. The Morgan fingerprint density at radius 1 is 0.725 bits per heavy atom. The highest BCUT2D eigenvalue weighted by Crippen LogP contribution is 2.75. The van der Waals surface area contributed by atoms with E-state index < -0.39 is 85.4 Å². The van der Waals surface area contributed by atoms with Gasteiger partial charge in [0, 0.05) is 43.9 Å². The Kier molecular flexibility index (Phi) is 18.5. The molecule has 0 spiro atoms. The first-order chi connectivity index (χ1) is 38.5. The zero-order valence-corrected chi connectivity index (χ0v) is 50.3. The molecule has 0 aromatic carbocycles. The molecule has 0 radical (unpaired) electrons. The molecule has 3 aliphatic heterocycles. The van der Waals surface area contributed by atoms with Crippen LogP contribution in [0, 0.1) is 118 Å². The second-order valence-corrected chi connectivity index (χ2v) is 29.6. The number of carboxylic acids is 1. The summed E-state index contributed by atoms with van der Waals surface area (Å²) in [5.74, 6) is -10.2. The molecule has 4 amide bonds. The fourth-order valence-electron chi connectivity index (χ4n) is 19.8. The van der Waals surface area contributed by atoms with Crippen LogP contribution in [0.5, 0.6) is 0 Å². The monoisotopic (exact) mass is 1140 g/mol. The molecule has 18 heteroatoms. The van der Waals surface area contributed by atoms with E-state index in [1.807, 2.05) is 41.5 Å². The van der Waals surface area contributed by atoms with Gasteiger partial charge in [-0.3, -0.25) is 43.8 Å². The van der Waals surface area contributed by atoms with Crippen molar-refractivity contribution in [3.8, 4) is 0 Å². The van der Waals surface area contributed by atoms with Gasteiger partial charge in [0.2, 0.25) is 23.6 Å². The number of carbonyl (C=O) groups excluding carboxylic acids is 6. The summed E-state index contributed by atoms with van der Waals surface area (Å²) in [6, 6.07) is -0.234. The van der Waals surface area contributed by atoms with E-state index in [-0.39, 0.29) is 102 Å². The molecule has 2 N–H and O–H groups in total. The maximum atomic E-state index is 16.4.